The Morgan fingerprint density at radius 1 is 2.00 bits per heavy atom. The van der Waals surface area contributed by atoms with Crippen molar-refractivity contribution in [3.05, 3.63) is 0 Å². The molecule has 0 aliphatic heterocycles. The molecule has 0 aromatic rings. The molecule has 0 heterocycles. The van der Waals surface area contributed by atoms with Crippen LogP contribution in [0, 0.1) is 0 Å². The summed E-state index contributed by atoms with van der Waals surface area (Å²) in [5.41, 5.74) is 0. The van der Waals surface area contributed by atoms with Crippen molar-refractivity contribution in [1.29, 1.82) is 0 Å². The van der Waals surface area contributed by atoms with Gasteiger partial charge in [-0.3, -0.25) is 4.57 Å². The van der Waals surface area contributed by atoms with Crippen LogP contribution in [0.3, 0.4) is 0 Å². The van der Waals surface area contributed by atoms with Crippen molar-refractivity contribution in [2.45, 2.75) is 0 Å². The average Bonchev–Trinajstić information content (AvgIpc) is 1.38. The lowest BCUT2D eigenvalue weighted by atomic mass is 10.6. The zero-order valence-corrected chi connectivity index (χ0v) is 3.76. The van der Waals surface area contributed by atoms with Gasteiger partial charge < -0.3 is 9.33 Å². The summed E-state index contributed by atoms with van der Waals surface area (Å²) in [6, 6.07) is 0. The van der Waals surface area contributed by atoms with Crippen LogP contribution in [0.1, 0.15) is 0 Å². The molecule has 5 heteroatoms. The van der Waals surface area contributed by atoms with Gasteiger partial charge >= 0.3 is 8.25 Å². The molecule has 1 atom stereocenters. The molecule has 0 aromatic carbocycles. The molecule has 0 bridgehead atoms. The molecular formula is H4BO3P. The van der Waals surface area contributed by atoms with Crippen LogP contribution < -0.4 is 0 Å². The van der Waals surface area contributed by atoms with Gasteiger partial charge in [-0.1, -0.05) is 0 Å². The maximum atomic E-state index is 9.33. The first-order valence-corrected chi connectivity index (χ1v) is 2.30. The Hall–Kier alpha value is 0.215. The fourth-order valence-corrected chi connectivity index (χ4v) is 0. The lowest BCUT2D eigenvalue weighted by Gasteiger charge is -1.79. The van der Waals surface area contributed by atoms with Gasteiger partial charge in [0.25, 0.3) is 8.05 Å². The van der Waals surface area contributed by atoms with Crippen LogP contribution in [-0.4, -0.2) is 12.9 Å². The van der Waals surface area contributed by atoms with Crippen LogP contribution >= 0.6 is 8.25 Å². The van der Waals surface area contributed by atoms with Crippen molar-refractivity contribution in [1.82, 2.24) is 0 Å². The largest absolute Gasteiger partial charge is 0.381 e. The third kappa shape index (κ3) is 4.21. The van der Waals surface area contributed by atoms with Crippen LogP contribution in [0.2, 0.25) is 0 Å². The van der Waals surface area contributed by atoms with E-state index in [1.54, 1.807) is 0 Å². The first-order valence-electron chi connectivity index (χ1n) is 1.04. The fourth-order valence-electron chi connectivity index (χ4n) is 0. The normalized spacial score (nSPS) is 14.6. The van der Waals surface area contributed by atoms with E-state index < -0.39 is 8.25 Å². The van der Waals surface area contributed by atoms with E-state index in [9.17, 15) is 4.57 Å². The van der Waals surface area contributed by atoms with Crippen molar-refractivity contribution in [2.75, 3.05) is 0 Å². The van der Waals surface area contributed by atoms with E-state index in [0.29, 0.717) is 0 Å². The van der Waals surface area contributed by atoms with Gasteiger partial charge in [0.2, 0.25) is 0 Å². The van der Waals surface area contributed by atoms with Crippen LogP contribution in [0.5, 0.6) is 0 Å². The predicted molar refractivity (Wildman–Crippen MR) is 20.8 cm³/mol. The van der Waals surface area contributed by atoms with Crippen molar-refractivity contribution < 1.29 is 13.9 Å². The van der Waals surface area contributed by atoms with E-state index >= 15 is 0 Å². The van der Waals surface area contributed by atoms with Gasteiger partial charge in [0.15, 0.2) is 0 Å². The van der Waals surface area contributed by atoms with Crippen LogP contribution in [0.25, 0.3) is 0 Å². The van der Waals surface area contributed by atoms with Crippen LogP contribution in [0.4, 0.5) is 0 Å². The second kappa shape index (κ2) is 2.45. The van der Waals surface area contributed by atoms with Gasteiger partial charge in [0.1, 0.15) is 0 Å². The molecule has 0 spiro atoms. The van der Waals surface area contributed by atoms with Crippen molar-refractivity contribution in [3.8, 4) is 0 Å². The average molecular weight is 93.8 g/mol. The van der Waals surface area contributed by atoms with E-state index in [1.165, 1.54) is 8.05 Å². The zero-order chi connectivity index (χ0) is 4.28. The van der Waals surface area contributed by atoms with Crippen molar-refractivity contribution in [2.24, 2.45) is 0 Å². The minimum Gasteiger partial charge on any atom is -0.381 e. The van der Waals surface area contributed by atoms with E-state index in [1.807, 2.05) is 0 Å². The minimum atomic E-state index is -2.62. The molecular weight excluding hydrogens is 89.8 g/mol. The Kier molecular flexibility index (Phi) is 2.56. The molecule has 3 nitrogen and oxygen atoms in total. The lowest BCUT2D eigenvalue weighted by molar-refractivity contribution is 0.424. The Labute approximate surface area is 31.3 Å². The highest BCUT2D eigenvalue weighted by Crippen LogP contribution is 2.08. The quantitative estimate of drug-likeness (QED) is 0.332. The van der Waals surface area contributed by atoms with Crippen LogP contribution in [-0.2, 0) is 9.01 Å². The molecule has 0 saturated carbocycles. The highest BCUT2D eigenvalue weighted by Gasteiger charge is 1.74. The third-order valence-electron chi connectivity index (χ3n) is 0.175. The maximum absolute atomic E-state index is 9.33. The van der Waals surface area contributed by atoms with Gasteiger partial charge in [-0.05, 0) is 0 Å². The van der Waals surface area contributed by atoms with Gasteiger partial charge in [-0.15, -0.1) is 0 Å². The Morgan fingerprint density at radius 2 is 2.20 bits per heavy atom. The van der Waals surface area contributed by atoms with Gasteiger partial charge in [0.05, 0.1) is 0 Å². The van der Waals surface area contributed by atoms with Gasteiger partial charge in [-0.25, -0.2) is 0 Å². The van der Waals surface area contributed by atoms with E-state index in [2.05, 4.69) is 4.44 Å². The molecule has 0 saturated heterocycles. The Morgan fingerprint density at radius 3 is 2.20 bits per heavy atom. The maximum Gasteiger partial charge on any atom is 0.302 e. The third-order valence-corrected chi connectivity index (χ3v) is 0.524. The predicted octanol–water partition coefficient (Wildman–Crippen LogP) is -1.07. The molecule has 0 aromatic heterocycles. The van der Waals surface area contributed by atoms with Crippen molar-refractivity contribution >= 4 is 16.3 Å². The van der Waals surface area contributed by atoms with Crippen molar-refractivity contribution in [3.63, 3.8) is 0 Å². The highest BCUT2D eigenvalue weighted by atomic mass is 31.1. The summed E-state index contributed by atoms with van der Waals surface area (Å²) in [5.74, 6) is 0. The lowest BCUT2D eigenvalue weighted by Crippen LogP contribution is -1.61. The van der Waals surface area contributed by atoms with Gasteiger partial charge in [0, 0.05) is 0 Å². The van der Waals surface area contributed by atoms with E-state index in [0.717, 1.165) is 0 Å². The number of rotatable bonds is 1. The molecule has 1 unspecified atom stereocenters. The molecule has 1 N–H and O–H groups in total. The summed E-state index contributed by atoms with van der Waals surface area (Å²) in [6.07, 6.45) is 0. The zero-order valence-electron chi connectivity index (χ0n) is 2.76. The van der Waals surface area contributed by atoms with E-state index in [-0.39, 0.29) is 0 Å². The Balaban J connectivity index is 2.85. The number of hydrogen-bond acceptors (Lipinski definition) is 2. The second-order valence-electron chi connectivity index (χ2n) is 0.470. The molecule has 30 valence electrons. The summed E-state index contributed by atoms with van der Waals surface area (Å²) in [4.78, 5) is 7.69. The summed E-state index contributed by atoms with van der Waals surface area (Å²) in [7, 11) is -1.44. The summed E-state index contributed by atoms with van der Waals surface area (Å²) in [5, 5.41) is 0. The van der Waals surface area contributed by atoms with Crippen LogP contribution in [0.15, 0.2) is 0 Å². The van der Waals surface area contributed by atoms with E-state index in [4.69, 9.17) is 4.89 Å². The molecule has 0 fully saturated rings. The smallest absolute Gasteiger partial charge is 0.302 e. The molecule has 0 radical (unpaired) electrons. The highest BCUT2D eigenvalue weighted by molar-refractivity contribution is 7.33. The molecule has 0 rings (SSSR count). The standard InChI is InChI=1S/BH4O3P/c1-4-5(2)3/h5H,1H2,(H,2,3). The molecule has 0 amide bonds. The first kappa shape index (κ1) is 5.21. The van der Waals surface area contributed by atoms with Gasteiger partial charge in [-0.2, -0.15) is 0 Å². The monoisotopic (exact) mass is 94.0 g/mol. The summed E-state index contributed by atoms with van der Waals surface area (Å²) >= 11 is 0. The second-order valence-corrected chi connectivity index (χ2v) is 1.41. The molecule has 0 aliphatic rings. The summed E-state index contributed by atoms with van der Waals surface area (Å²) < 4.78 is 13.2. The number of hydrogen-bond donors (Lipinski definition) is 1. The fraction of sp³-hybridized carbons (Fsp3) is 0. The summed E-state index contributed by atoms with van der Waals surface area (Å²) in [6.45, 7) is 0. The molecule has 5 heavy (non-hydrogen) atoms. The topological polar surface area (TPSA) is 46.5 Å². The SMILES string of the molecule is BO[PH](=O)O. The molecule has 0 aliphatic carbocycles. The first-order chi connectivity index (χ1) is 2.27. The minimum absolute atomic E-state index is 1.18. The Bertz CT molecular complexity index is 42.2.